The minimum absolute atomic E-state index is 0.197. The van der Waals surface area contributed by atoms with E-state index >= 15 is 0 Å². The van der Waals surface area contributed by atoms with E-state index in [0.717, 1.165) is 25.7 Å². The molecule has 0 radical (unpaired) electrons. The molecule has 0 unspecified atom stereocenters. The number of amides is 2. The van der Waals surface area contributed by atoms with Gasteiger partial charge in [0.25, 0.3) is 0 Å². The Kier molecular flexibility index (Phi) is 4.82. The van der Waals surface area contributed by atoms with Crippen LogP contribution in [0.3, 0.4) is 0 Å². The highest BCUT2D eigenvalue weighted by molar-refractivity contribution is 5.85. The molecule has 110 valence electrons. The number of hydrogen-bond acceptors (Lipinski definition) is 2. The van der Waals surface area contributed by atoms with Gasteiger partial charge in [0.05, 0.1) is 0 Å². The number of rotatable bonds is 4. The molecule has 19 heavy (non-hydrogen) atoms. The summed E-state index contributed by atoms with van der Waals surface area (Å²) < 4.78 is 0. The Balaban J connectivity index is 2.77. The van der Waals surface area contributed by atoms with Crippen molar-refractivity contribution in [3.63, 3.8) is 0 Å². The van der Waals surface area contributed by atoms with Gasteiger partial charge in [-0.2, -0.15) is 0 Å². The molecular weight excluding hydrogens is 244 g/mol. The van der Waals surface area contributed by atoms with Gasteiger partial charge >= 0.3 is 12.0 Å². The zero-order valence-corrected chi connectivity index (χ0v) is 12.5. The van der Waals surface area contributed by atoms with Crippen LogP contribution in [0.15, 0.2) is 0 Å². The number of hydrogen-bond donors (Lipinski definition) is 2. The second-order valence-corrected chi connectivity index (χ2v) is 6.16. The first-order valence-corrected chi connectivity index (χ1v) is 7.06. The lowest BCUT2D eigenvalue weighted by molar-refractivity contribution is -0.147. The molecule has 0 aliphatic heterocycles. The van der Waals surface area contributed by atoms with Crippen LogP contribution in [0.4, 0.5) is 4.79 Å². The van der Waals surface area contributed by atoms with Crippen molar-refractivity contribution in [2.24, 2.45) is 0 Å². The molecule has 0 heterocycles. The van der Waals surface area contributed by atoms with Crippen molar-refractivity contribution in [3.8, 4) is 0 Å². The number of carboxylic acids is 1. The van der Waals surface area contributed by atoms with Crippen LogP contribution in [0.2, 0.25) is 0 Å². The quantitative estimate of drug-likeness (QED) is 0.825. The zero-order valence-electron chi connectivity index (χ0n) is 12.5. The van der Waals surface area contributed by atoms with Crippen molar-refractivity contribution in [2.45, 2.75) is 70.9 Å². The third kappa shape index (κ3) is 3.61. The number of nitrogens with zero attached hydrogens (tertiary/aromatic N) is 1. The molecule has 0 bridgehead atoms. The van der Waals surface area contributed by atoms with Crippen molar-refractivity contribution >= 4 is 12.0 Å². The first-order valence-electron chi connectivity index (χ1n) is 7.06. The summed E-state index contributed by atoms with van der Waals surface area (Å²) in [5.41, 5.74) is -1.39. The van der Waals surface area contributed by atoms with E-state index in [2.05, 4.69) is 5.32 Å². The molecule has 1 rings (SSSR count). The van der Waals surface area contributed by atoms with Crippen LogP contribution < -0.4 is 5.32 Å². The third-order valence-corrected chi connectivity index (χ3v) is 4.13. The van der Waals surface area contributed by atoms with Crippen molar-refractivity contribution in [1.82, 2.24) is 10.2 Å². The molecule has 5 nitrogen and oxygen atoms in total. The number of nitrogens with one attached hydrogen (secondary N) is 1. The lowest BCUT2D eigenvalue weighted by Gasteiger charge is -2.40. The zero-order chi connectivity index (χ0) is 14.7. The summed E-state index contributed by atoms with van der Waals surface area (Å²) in [5, 5.41) is 12.3. The lowest BCUT2D eigenvalue weighted by Crippen LogP contribution is -2.60. The average Bonchev–Trinajstić information content (AvgIpc) is 2.29. The molecule has 2 N–H and O–H groups in total. The Morgan fingerprint density at radius 3 is 2.21 bits per heavy atom. The number of carboxylic acid groups (broad SMARTS) is 1. The van der Waals surface area contributed by atoms with Crippen LogP contribution in [-0.4, -0.2) is 39.6 Å². The molecular formula is C14H26N2O3. The van der Waals surface area contributed by atoms with Crippen LogP contribution in [0.5, 0.6) is 0 Å². The number of urea groups is 1. The Morgan fingerprint density at radius 1 is 1.26 bits per heavy atom. The van der Waals surface area contributed by atoms with E-state index in [-0.39, 0.29) is 11.6 Å². The fourth-order valence-electron chi connectivity index (χ4n) is 2.69. The summed E-state index contributed by atoms with van der Waals surface area (Å²) in [5.74, 6) is -0.988. The smallest absolute Gasteiger partial charge is 0.329 e. The maximum absolute atomic E-state index is 12.4. The summed E-state index contributed by atoms with van der Waals surface area (Å²) in [4.78, 5) is 25.0. The molecule has 1 aliphatic carbocycles. The van der Waals surface area contributed by atoms with E-state index in [9.17, 15) is 14.7 Å². The van der Waals surface area contributed by atoms with E-state index in [1.807, 2.05) is 6.92 Å². The van der Waals surface area contributed by atoms with E-state index in [1.54, 1.807) is 20.8 Å². The lowest BCUT2D eigenvalue weighted by atomic mass is 9.83. The molecule has 0 atom stereocenters. The van der Waals surface area contributed by atoms with E-state index in [4.69, 9.17) is 0 Å². The standard InChI is InChI=1S/C14H26N2O3/c1-5-16(13(2,3)11(17)18)12(19)15-14(4)9-7-6-8-10-14/h5-10H2,1-4H3,(H,15,19)(H,17,18). The Hall–Kier alpha value is -1.26. The Bertz CT molecular complexity index is 347. The molecule has 0 aromatic heterocycles. The van der Waals surface area contributed by atoms with Crippen LogP contribution in [0.25, 0.3) is 0 Å². The molecule has 0 aromatic carbocycles. The minimum atomic E-state index is -1.19. The van der Waals surface area contributed by atoms with Gasteiger partial charge in [-0.1, -0.05) is 19.3 Å². The molecule has 1 aliphatic rings. The highest BCUT2D eigenvalue weighted by atomic mass is 16.4. The van der Waals surface area contributed by atoms with Gasteiger partial charge in [0.1, 0.15) is 5.54 Å². The van der Waals surface area contributed by atoms with Gasteiger partial charge in [-0.05, 0) is 40.5 Å². The molecule has 0 aromatic rings. The second kappa shape index (κ2) is 5.80. The monoisotopic (exact) mass is 270 g/mol. The van der Waals surface area contributed by atoms with Crippen molar-refractivity contribution in [2.75, 3.05) is 6.54 Å². The summed E-state index contributed by atoms with van der Waals surface area (Å²) in [6.07, 6.45) is 5.37. The number of likely N-dealkylation sites (N-methyl/N-ethyl adjacent to an activating group) is 1. The predicted molar refractivity (Wildman–Crippen MR) is 74.1 cm³/mol. The van der Waals surface area contributed by atoms with E-state index in [1.165, 1.54) is 11.3 Å². The first kappa shape index (κ1) is 15.8. The van der Waals surface area contributed by atoms with Crippen LogP contribution in [0, 0.1) is 0 Å². The molecule has 5 heteroatoms. The molecule has 1 fully saturated rings. The van der Waals surface area contributed by atoms with Crippen molar-refractivity contribution < 1.29 is 14.7 Å². The number of aliphatic carboxylic acids is 1. The van der Waals surface area contributed by atoms with Crippen LogP contribution in [0.1, 0.15) is 59.8 Å². The molecule has 2 amide bonds. The van der Waals surface area contributed by atoms with Crippen molar-refractivity contribution in [3.05, 3.63) is 0 Å². The van der Waals surface area contributed by atoms with E-state index < -0.39 is 11.5 Å². The van der Waals surface area contributed by atoms with Crippen LogP contribution >= 0.6 is 0 Å². The third-order valence-electron chi connectivity index (χ3n) is 4.13. The molecule has 0 spiro atoms. The SMILES string of the molecule is CCN(C(=O)NC1(C)CCCCC1)C(C)(C)C(=O)O. The normalized spacial score (nSPS) is 18.7. The van der Waals surface area contributed by atoms with Gasteiger partial charge in [-0.15, -0.1) is 0 Å². The van der Waals surface area contributed by atoms with Gasteiger partial charge in [0, 0.05) is 12.1 Å². The van der Waals surface area contributed by atoms with Gasteiger partial charge < -0.3 is 15.3 Å². The second-order valence-electron chi connectivity index (χ2n) is 6.16. The highest BCUT2D eigenvalue weighted by Gasteiger charge is 2.39. The first-order chi connectivity index (χ1) is 8.73. The maximum Gasteiger partial charge on any atom is 0.329 e. The Morgan fingerprint density at radius 2 is 1.79 bits per heavy atom. The summed E-state index contributed by atoms with van der Waals surface area (Å²) in [6, 6.07) is -0.278. The summed E-state index contributed by atoms with van der Waals surface area (Å²) in [7, 11) is 0. The number of carbonyl (C=O) groups is 2. The average molecular weight is 270 g/mol. The van der Waals surface area contributed by atoms with Gasteiger partial charge in [0.2, 0.25) is 0 Å². The number of carbonyl (C=O) groups excluding carboxylic acids is 1. The largest absolute Gasteiger partial charge is 0.480 e. The highest BCUT2D eigenvalue weighted by Crippen LogP contribution is 2.28. The van der Waals surface area contributed by atoms with Gasteiger partial charge in [-0.25, -0.2) is 9.59 Å². The van der Waals surface area contributed by atoms with Crippen molar-refractivity contribution in [1.29, 1.82) is 0 Å². The fourth-order valence-corrected chi connectivity index (χ4v) is 2.69. The molecule has 0 saturated heterocycles. The van der Waals surface area contributed by atoms with E-state index in [0.29, 0.717) is 6.54 Å². The summed E-state index contributed by atoms with van der Waals surface area (Å²) in [6.45, 7) is 7.34. The predicted octanol–water partition coefficient (Wildman–Crippen LogP) is 2.60. The minimum Gasteiger partial charge on any atom is -0.480 e. The summed E-state index contributed by atoms with van der Waals surface area (Å²) >= 11 is 0. The van der Waals surface area contributed by atoms with Gasteiger partial charge in [-0.3, -0.25) is 0 Å². The van der Waals surface area contributed by atoms with Gasteiger partial charge in [0.15, 0.2) is 0 Å². The van der Waals surface area contributed by atoms with Crippen LogP contribution in [-0.2, 0) is 4.79 Å². The Labute approximate surface area is 115 Å². The maximum atomic E-state index is 12.4. The molecule has 1 saturated carbocycles. The topological polar surface area (TPSA) is 69.6 Å². The fraction of sp³-hybridized carbons (Fsp3) is 0.857.